The predicted octanol–water partition coefficient (Wildman–Crippen LogP) is 2.22. The molecule has 0 saturated carbocycles. The van der Waals surface area contributed by atoms with Gasteiger partial charge in [-0.3, -0.25) is 14.5 Å². The van der Waals surface area contributed by atoms with E-state index in [1.807, 2.05) is 42.5 Å². The molecule has 0 spiro atoms. The van der Waals surface area contributed by atoms with Gasteiger partial charge in [-0.15, -0.1) is 0 Å². The fourth-order valence-corrected chi connectivity index (χ4v) is 2.22. The molecule has 2 aromatic rings. The zero-order valence-electron chi connectivity index (χ0n) is 9.88. The molecule has 3 heteroatoms. The number of nitrogens with zero attached hydrogens (tertiary/aromatic N) is 1. The van der Waals surface area contributed by atoms with Gasteiger partial charge in [0, 0.05) is 13.1 Å². The van der Waals surface area contributed by atoms with E-state index in [0.717, 1.165) is 21.2 Å². The second kappa shape index (κ2) is 3.81. The maximum atomic E-state index is 12.0. The van der Waals surface area contributed by atoms with Crippen molar-refractivity contribution in [3.8, 4) is 0 Å². The summed E-state index contributed by atoms with van der Waals surface area (Å²) in [6, 6.07) is 13.6. The summed E-state index contributed by atoms with van der Waals surface area (Å²) < 4.78 is 0. The van der Waals surface area contributed by atoms with Crippen LogP contribution in [-0.4, -0.2) is 23.8 Å². The highest BCUT2D eigenvalue weighted by atomic mass is 16.2. The van der Waals surface area contributed by atoms with E-state index in [1.54, 1.807) is 0 Å². The lowest BCUT2D eigenvalue weighted by Gasteiger charge is -2.09. The van der Waals surface area contributed by atoms with Gasteiger partial charge >= 0.3 is 0 Å². The molecular formula is C15H11NO2. The Bertz CT molecular complexity index is 695. The number of carbonyl (C=O) groups excluding carboxylic acids is 2. The van der Waals surface area contributed by atoms with Crippen molar-refractivity contribution >= 4 is 28.2 Å². The highest BCUT2D eigenvalue weighted by Gasteiger charge is 2.29. The number of hydrogen-bond donors (Lipinski definition) is 0. The highest BCUT2D eigenvalue weighted by molar-refractivity contribution is 6.34. The summed E-state index contributed by atoms with van der Waals surface area (Å²) in [6.45, 7) is 0. The van der Waals surface area contributed by atoms with Crippen LogP contribution in [0.25, 0.3) is 16.3 Å². The second-order valence-electron chi connectivity index (χ2n) is 4.29. The Morgan fingerprint density at radius 2 is 1.67 bits per heavy atom. The predicted molar refractivity (Wildman–Crippen MR) is 69.7 cm³/mol. The Balaban J connectivity index is 2.25. The number of rotatable bonds is 1. The number of benzene rings is 2. The minimum atomic E-state index is -0.261. The third kappa shape index (κ3) is 1.44. The lowest BCUT2D eigenvalue weighted by molar-refractivity contribution is -0.134. The number of hydrogen-bond acceptors (Lipinski definition) is 2. The van der Waals surface area contributed by atoms with E-state index in [2.05, 4.69) is 0 Å². The molecule has 0 aliphatic carbocycles. The lowest BCUT2D eigenvalue weighted by Crippen LogP contribution is -2.25. The van der Waals surface area contributed by atoms with Crippen molar-refractivity contribution in [1.82, 2.24) is 4.90 Å². The smallest absolute Gasteiger partial charge is 0.261 e. The first kappa shape index (κ1) is 10.7. The van der Waals surface area contributed by atoms with Crippen LogP contribution in [0, 0.1) is 0 Å². The molecule has 0 saturated heterocycles. The summed E-state index contributed by atoms with van der Waals surface area (Å²) in [5, 5.41) is 2.05. The van der Waals surface area contributed by atoms with Crippen molar-refractivity contribution < 1.29 is 9.59 Å². The molecule has 2 aromatic carbocycles. The topological polar surface area (TPSA) is 37.4 Å². The van der Waals surface area contributed by atoms with E-state index in [1.165, 1.54) is 13.1 Å². The number of carbonyl (C=O) groups is 2. The van der Waals surface area contributed by atoms with E-state index in [-0.39, 0.29) is 11.8 Å². The summed E-state index contributed by atoms with van der Waals surface area (Å²) in [5.74, 6) is -0.501. The van der Waals surface area contributed by atoms with E-state index in [9.17, 15) is 9.59 Å². The summed E-state index contributed by atoms with van der Waals surface area (Å²) in [5.41, 5.74) is 1.29. The van der Waals surface area contributed by atoms with Crippen LogP contribution in [0.2, 0.25) is 0 Å². The van der Waals surface area contributed by atoms with Crippen LogP contribution >= 0.6 is 0 Å². The van der Waals surface area contributed by atoms with Crippen LogP contribution in [0.1, 0.15) is 5.56 Å². The van der Waals surface area contributed by atoms with Gasteiger partial charge in [0.15, 0.2) is 0 Å². The van der Waals surface area contributed by atoms with Gasteiger partial charge in [0.2, 0.25) is 0 Å². The fraction of sp³-hybridized carbons (Fsp3) is 0.0667. The summed E-state index contributed by atoms with van der Waals surface area (Å²) in [7, 11) is 1.50. The van der Waals surface area contributed by atoms with Crippen LogP contribution in [0.3, 0.4) is 0 Å². The standard InChI is InChI=1S/C15H11NO2/c1-16-14(17)9-13(15(16)18)12-8-4-6-10-5-2-3-7-11(10)12/h2-9H,1H3. The van der Waals surface area contributed by atoms with Crippen LogP contribution in [0.4, 0.5) is 0 Å². The van der Waals surface area contributed by atoms with Crippen molar-refractivity contribution in [3.63, 3.8) is 0 Å². The van der Waals surface area contributed by atoms with Gasteiger partial charge in [0.25, 0.3) is 11.8 Å². The molecule has 1 aliphatic rings. The zero-order chi connectivity index (χ0) is 12.7. The molecule has 3 rings (SSSR count). The van der Waals surface area contributed by atoms with Gasteiger partial charge in [0.1, 0.15) is 0 Å². The molecule has 2 amide bonds. The third-order valence-electron chi connectivity index (χ3n) is 3.21. The van der Waals surface area contributed by atoms with Crippen molar-refractivity contribution in [2.45, 2.75) is 0 Å². The highest BCUT2D eigenvalue weighted by Crippen LogP contribution is 2.28. The largest absolute Gasteiger partial charge is 0.278 e. The maximum Gasteiger partial charge on any atom is 0.261 e. The van der Waals surface area contributed by atoms with Gasteiger partial charge in [-0.2, -0.15) is 0 Å². The van der Waals surface area contributed by atoms with Crippen molar-refractivity contribution in [3.05, 3.63) is 54.1 Å². The maximum absolute atomic E-state index is 12.0. The Morgan fingerprint density at radius 3 is 2.39 bits per heavy atom. The quantitative estimate of drug-likeness (QED) is 0.713. The third-order valence-corrected chi connectivity index (χ3v) is 3.21. The van der Waals surface area contributed by atoms with E-state index < -0.39 is 0 Å². The minimum Gasteiger partial charge on any atom is -0.278 e. The molecule has 0 atom stereocenters. The fourth-order valence-electron chi connectivity index (χ4n) is 2.22. The minimum absolute atomic E-state index is 0.239. The first-order valence-electron chi connectivity index (χ1n) is 5.70. The van der Waals surface area contributed by atoms with Crippen LogP contribution in [-0.2, 0) is 9.59 Å². The Kier molecular flexibility index (Phi) is 2.27. The molecular weight excluding hydrogens is 226 g/mol. The van der Waals surface area contributed by atoms with Crippen molar-refractivity contribution in [2.24, 2.45) is 0 Å². The molecule has 1 aliphatic heterocycles. The molecule has 18 heavy (non-hydrogen) atoms. The molecule has 3 nitrogen and oxygen atoms in total. The van der Waals surface area contributed by atoms with E-state index in [0.29, 0.717) is 5.57 Å². The second-order valence-corrected chi connectivity index (χ2v) is 4.29. The molecule has 0 fully saturated rings. The van der Waals surface area contributed by atoms with Crippen LogP contribution < -0.4 is 0 Å². The molecule has 0 unspecified atom stereocenters. The summed E-state index contributed by atoms with van der Waals surface area (Å²) >= 11 is 0. The first-order chi connectivity index (χ1) is 8.68. The Morgan fingerprint density at radius 1 is 0.944 bits per heavy atom. The molecule has 1 heterocycles. The molecule has 0 radical (unpaired) electrons. The number of imide groups is 1. The van der Waals surface area contributed by atoms with E-state index in [4.69, 9.17) is 0 Å². The van der Waals surface area contributed by atoms with Crippen molar-refractivity contribution in [2.75, 3.05) is 7.05 Å². The van der Waals surface area contributed by atoms with Crippen LogP contribution in [0.5, 0.6) is 0 Å². The van der Waals surface area contributed by atoms with Gasteiger partial charge in [0.05, 0.1) is 5.57 Å². The summed E-state index contributed by atoms with van der Waals surface area (Å²) in [4.78, 5) is 24.7. The molecule has 0 bridgehead atoms. The van der Waals surface area contributed by atoms with Gasteiger partial charge in [-0.1, -0.05) is 42.5 Å². The van der Waals surface area contributed by atoms with Gasteiger partial charge in [-0.05, 0) is 16.3 Å². The molecule has 88 valence electrons. The van der Waals surface area contributed by atoms with Gasteiger partial charge in [-0.25, -0.2) is 0 Å². The van der Waals surface area contributed by atoms with E-state index >= 15 is 0 Å². The van der Waals surface area contributed by atoms with Gasteiger partial charge < -0.3 is 0 Å². The average molecular weight is 237 g/mol. The monoisotopic (exact) mass is 237 g/mol. The summed E-state index contributed by atoms with van der Waals surface area (Å²) in [6.07, 6.45) is 1.41. The average Bonchev–Trinajstić information content (AvgIpc) is 2.66. The molecule has 0 N–H and O–H groups in total. The Labute approximate surface area is 104 Å². The first-order valence-corrected chi connectivity index (χ1v) is 5.70. The Hall–Kier alpha value is -2.42. The zero-order valence-corrected chi connectivity index (χ0v) is 9.88. The van der Waals surface area contributed by atoms with Crippen LogP contribution in [0.15, 0.2) is 48.5 Å². The SMILES string of the molecule is CN1C(=O)C=C(c2cccc3ccccc23)C1=O. The number of likely N-dealkylation sites (N-methyl/N-ethyl adjacent to an activating group) is 1. The number of fused-ring (bicyclic) bond motifs is 1. The normalized spacial score (nSPS) is 15.4. The number of amides is 2. The lowest BCUT2D eigenvalue weighted by atomic mass is 9.98. The van der Waals surface area contributed by atoms with Crippen molar-refractivity contribution in [1.29, 1.82) is 0 Å². The molecule has 0 aromatic heterocycles.